The maximum absolute atomic E-state index is 13.0. The number of likely N-dealkylation sites (tertiary alicyclic amines) is 1. The number of benzene rings is 1. The highest BCUT2D eigenvalue weighted by Gasteiger charge is 2.34. The summed E-state index contributed by atoms with van der Waals surface area (Å²) in [4.78, 5) is 16.5. The Labute approximate surface area is 142 Å². The van der Waals surface area contributed by atoms with Gasteiger partial charge in [-0.3, -0.25) is 0 Å². The zero-order chi connectivity index (χ0) is 17.1. The number of halogens is 1. The van der Waals surface area contributed by atoms with E-state index in [1.807, 2.05) is 0 Å². The van der Waals surface area contributed by atoms with Gasteiger partial charge in [-0.2, -0.15) is 0 Å². The number of hydrogen-bond acceptors (Lipinski definition) is 3. The minimum Gasteiger partial charge on any atom is -0.387 e. The van der Waals surface area contributed by atoms with Crippen LogP contribution in [0.1, 0.15) is 37.4 Å². The van der Waals surface area contributed by atoms with Gasteiger partial charge in [0.15, 0.2) is 0 Å². The summed E-state index contributed by atoms with van der Waals surface area (Å²) >= 11 is 0. The fourth-order valence-electron chi connectivity index (χ4n) is 3.30. The molecule has 0 bridgehead atoms. The summed E-state index contributed by atoms with van der Waals surface area (Å²) in [6.07, 6.45) is 3.44. The molecule has 2 amide bonds. The van der Waals surface area contributed by atoms with Gasteiger partial charge in [0.05, 0.1) is 12.6 Å². The van der Waals surface area contributed by atoms with E-state index in [1.165, 1.54) is 18.6 Å². The van der Waals surface area contributed by atoms with Crippen molar-refractivity contribution in [3.63, 3.8) is 0 Å². The van der Waals surface area contributed by atoms with E-state index >= 15 is 0 Å². The molecular weight excluding hydrogens is 309 g/mol. The van der Waals surface area contributed by atoms with Gasteiger partial charge < -0.3 is 20.2 Å². The standard InChI is InChI=1S/C18H26FN3O2/c1-21-10-2-3-16(21)11-20-18(24)22(15-8-9-15)12-17(23)13-4-6-14(19)7-5-13/h4-7,15-17,23H,2-3,8-12H2,1H3,(H,20,24). The van der Waals surface area contributed by atoms with Gasteiger partial charge in [-0.15, -0.1) is 0 Å². The highest BCUT2D eigenvalue weighted by molar-refractivity contribution is 5.75. The SMILES string of the molecule is CN1CCCC1CNC(=O)N(CC(O)c1ccc(F)cc1)C1CC1. The molecule has 0 spiro atoms. The van der Waals surface area contributed by atoms with Crippen LogP contribution in [-0.4, -0.2) is 59.7 Å². The third-order valence-corrected chi connectivity index (χ3v) is 5.03. The number of amides is 2. The second-order valence-corrected chi connectivity index (χ2v) is 6.91. The third kappa shape index (κ3) is 4.24. The number of nitrogens with zero attached hydrogens (tertiary/aromatic N) is 2. The third-order valence-electron chi connectivity index (χ3n) is 5.03. The molecule has 1 heterocycles. The molecule has 0 aromatic heterocycles. The summed E-state index contributed by atoms with van der Waals surface area (Å²) in [6.45, 7) is 1.96. The van der Waals surface area contributed by atoms with E-state index in [0.29, 0.717) is 18.2 Å². The highest BCUT2D eigenvalue weighted by atomic mass is 19.1. The predicted octanol–water partition coefficient (Wildman–Crippen LogP) is 2.13. The van der Waals surface area contributed by atoms with Crippen LogP contribution in [0.3, 0.4) is 0 Å². The molecule has 2 unspecified atom stereocenters. The van der Waals surface area contributed by atoms with Crippen LogP contribution in [0.25, 0.3) is 0 Å². The fraction of sp³-hybridized carbons (Fsp3) is 0.611. The molecule has 0 radical (unpaired) electrons. The van der Waals surface area contributed by atoms with E-state index in [1.54, 1.807) is 17.0 Å². The molecular formula is C18H26FN3O2. The first kappa shape index (κ1) is 17.2. The molecule has 1 aromatic rings. The highest BCUT2D eigenvalue weighted by Crippen LogP contribution is 2.29. The average molecular weight is 335 g/mol. The number of carbonyl (C=O) groups is 1. The predicted molar refractivity (Wildman–Crippen MR) is 90.1 cm³/mol. The minimum absolute atomic E-state index is 0.112. The van der Waals surface area contributed by atoms with E-state index in [-0.39, 0.29) is 24.4 Å². The van der Waals surface area contributed by atoms with Gasteiger partial charge in [-0.25, -0.2) is 9.18 Å². The van der Waals surface area contributed by atoms with Crippen molar-refractivity contribution in [2.75, 3.05) is 26.7 Å². The number of likely N-dealkylation sites (N-methyl/N-ethyl adjacent to an activating group) is 1. The maximum Gasteiger partial charge on any atom is 0.317 e. The van der Waals surface area contributed by atoms with Crippen LogP contribution < -0.4 is 5.32 Å². The molecule has 132 valence electrons. The molecule has 2 N–H and O–H groups in total. The van der Waals surface area contributed by atoms with Crippen LogP contribution in [0.4, 0.5) is 9.18 Å². The van der Waals surface area contributed by atoms with Crippen LogP contribution in [0.5, 0.6) is 0 Å². The number of aliphatic hydroxyl groups is 1. The Bertz CT molecular complexity index is 562. The monoisotopic (exact) mass is 335 g/mol. The Kier molecular flexibility index (Phi) is 5.36. The Morgan fingerprint density at radius 2 is 2.08 bits per heavy atom. The van der Waals surface area contributed by atoms with Crippen molar-refractivity contribution in [3.8, 4) is 0 Å². The lowest BCUT2D eigenvalue weighted by Gasteiger charge is -2.27. The number of carbonyl (C=O) groups excluding carboxylic acids is 1. The normalized spacial score (nSPS) is 22.4. The van der Waals surface area contributed by atoms with Crippen molar-refractivity contribution in [2.24, 2.45) is 0 Å². The smallest absolute Gasteiger partial charge is 0.317 e. The van der Waals surface area contributed by atoms with Crippen molar-refractivity contribution in [3.05, 3.63) is 35.6 Å². The van der Waals surface area contributed by atoms with Crippen LogP contribution in [0.15, 0.2) is 24.3 Å². The van der Waals surface area contributed by atoms with Gasteiger partial charge in [0, 0.05) is 18.6 Å². The van der Waals surface area contributed by atoms with Crippen LogP contribution >= 0.6 is 0 Å². The number of hydrogen-bond donors (Lipinski definition) is 2. The lowest BCUT2D eigenvalue weighted by molar-refractivity contribution is 0.117. The number of nitrogens with one attached hydrogen (secondary N) is 1. The summed E-state index contributed by atoms with van der Waals surface area (Å²) in [5.74, 6) is -0.330. The lowest BCUT2D eigenvalue weighted by atomic mass is 10.1. The maximum atomic E-state index is 13.0. The number of aliphatic hydroxyl groups excluding tert-OH is 1. The largest absolute Gasteiger partial charge is 0.387 e. The van der Waals surface area contributed by atoms with Crippen molar-refractivity contribution < 1.29 is 14.3 Å². The van der Waals surface area contributed by atoms with Gasteiger partial charge in [-0.05, 0) is 57.0 Å². The van der Waals surface area contributed by atoms with Crippen molar-refractivity contribution >= 4 is 6.03 Å². The lowest BCUT2D eigenvalue weighted by Crippen LogP contribution is -2.47. The molecule has 2 atom stereocenters. The van der Waals surface area contributed by atoms with Crippen LogP contribution in [0.2, 0.25) is 0 Å². The van der Waals surface area contributed by atoms with E-state index in [2.05, 4.69) is 17.3 Å². The van der Waals surface area contributed by atoms with E-state index < -0.39 is 6.10 Å². The topological polar surface area (TPSA) is 55.8 Å². The zero-order valence-corrected chi connectivity index (χ0v) is 14.1. The molecule has 5 nitrogen and oxygen atoms in total. The molecule has 6 heteroatoms. The van der Waals surface area contributed by atoms with Gasteiger partial charge in [0.2, 0.25) is 0 Å². The van der Waals surface area contributed by atoms with E-state index in [0.717, 1.165) is 25.8 Å². The fourth-order valence-corrected chi connectivity index (χ4v) is 3.30. The summed E-state index contributed by atoms with van der Waals surface area (Å²) in [6, 6.07) is 6.29. The number of urea groups is 1. The van der Waals surface area contributed by atoms with Crippen LogP contribution in [0, 0.1) is 5.82 Å². The minimum atomic E-state index is -0.800. The molecule has 3 rings (SSSR count). The molecule has 24 heavy (non-hydrogen) atoms. The first-order valence-corrected chi connectivity index (χ1v) is 8.73. The Hall–Kier alpha value is -1.66. The molecule has 2 fully saturated rings. The summed E-state index contributed by atoms with van der Waals surface area (Å²) < 4.78 is 13.0. The zero-order valence-electron chi connectivity index (χ0n) is 14.1. The van der Waals surface area contributed by atoms with Crippen molar-refractivity contribution in [1.82, 2.24) is 15.1 Å². The van der Waals surface area contributed by atoms with E-state index in [9.17, 15) is 14.3 Å². The van der Waals surface area contributed by atoms with Crippen LogP contribution in [-0.2, 0) is 0 Å². The second kappa shape index (κ2) is 7.49. The summed E-state index contributed by atoms with van der Waals surface area (Å²) in [5.41, 5.74) is 0.630. The van der Waals surface area contributed by atoms with Gasteiger partial charge in [-0.1, -0.05) is 12.1 Å². The summed E-state index contributed by atoms with van der Waals surface area (Å²) in [7, 11) is 2.08. The average Bonchev–Trinajstić information content (AvgIpc) is 3.33. The van der Waals surface area contributed by atoms with E-state index in [4.69, 9.17) is 0 Å². The Morgan fingerprint density at radius 1 is 1.38 bits per heavy atom. The van der Waals surface area contributed by atoms with Gasteiger partial charge >= 0.3 is 6.03 Å². The van der Waals surface area contributed by atoms with Crippen molar-refractivity contribution in [1.29, 1.82) is 0 Å². The molecule has 1 saturated heterocycles. The number of rotatable bonds is 6. The molecule has 1 saturated carbocycles. The first-order valence-electron chi connectivity index (χ1n) is 8.73. The quantitative estimate of drug-likeness (QED) is 0.837. The van der Waals surface area contributed by atoms with Crippen molar-refractivity contribution in [2.45, 2.75) is 43.9 Å². The first-order chi connectivity index (χ1) is 11.5. The van der Waals surface area contributed by atoms with Gasteiger partial charge in [0.25, 0.3) is 0 Å². The molecule has 1 aliphatic carbocycles. The Morgan fingerprint density at radius 3 is 2.67 bits per heavy atom. The molecule has 1 aliphatic heterocycles. The summed E-state index contributed by atoms with van der Waals surface area (Å²) in [5, 5.41) is 13.4. The Balaban J connectivity index is 1.55. The molecule has 1 aromatic carbocycles. The molecule has 2 aliphatic rings. The van der Waals surface area contributed by atoms with Gasteiger partial charge in [0.1, 0.15) is 5.82 Å². The second-order valence-electron chi connectivity index (χ2n) is 6.91.